The molecule has 0 radical (unpaired) electrons. The topological polar surface area (TPSA) is 87.1 Å². The molecule has 0 amide bonds. The number of nitrogens with one attached hydrogen (secondary N) is 1. The van der Waals surface area contributed by atoms with Gasteiger partial charge in [-0.05, 0) is 48.8 Å². The van der Waals surface area contributed by atoms with E-state index in [2.05, 4.69) is 10.5 Å². The van der Waals surface area contributed by atoms with Crippen molar-refractivity contribution < 1.29 is 9.53 Å². The highest BCUT2D eigenvalue weighted by atomic mass is 32.1. The Morgan fingerprint density at radius 1 is 1.36 bits per heavy atom. The van der Waals surface area contributed by atoms with Crippen molar-refractivity contribution in [2.24, 2.45) is 0 Å². The van der Waals surface area contributed by atoms with E-state index in [-0.39, 0.29) is 18.3 Å². The number of rotatable bonds is 7. The Morgan fingerprint density at radius 3 is 2.88 bits per heavy atom. The lowest BCUT2D eigenvalue weighted by atomic mass is 10.1. The van der Waals surface area contributed by atoms with Crippen LogP contribution in [0.1, 0.15) is 17.3 Å². The van der Waals surface area contributed by atoms with Gasteiger partial charge in [0.1, 0.15) is 17.3 Å². The van der Waals surface area contributed by atoms with Crippen molar-refractivity contribution in [2.75, 3.05) is 17.8 Å². The van der Waals surface area contributed by atoms with Gasteiger partial charge >= 0.3 is 0 Å². The largest absolute Gasteiger partial charge is 0.493 e. The number of nitrogen functional groups attached to an aromatic ring is 1. The number of hydrogen-bond donors (Lipinski definition) is 2. The first-order chi connectivity index (χ1) is 12.1. The van der Waals surface area contributed by atoms with Gasteiger partial charge in [0, 0.05) is 0 Å². The third-order valence-corrected chi connectivity index (χ3v) is 4.56. The second kappa shape index (κ2) is 7.49. The summed E-state index contributed by atoms with van der Waals surface area (Å²) < 4.78 is 8.70. The molecule has 1 aromatic carbocycles. The monoisotopic (exact) mass is 375 g/mol. The van der Waals surface area contributed by atoms with Crippen molar-refractivity contribution in [2.45, 2.75) is 13.5 Å². The molecule has 7 nitrogen and oxygen atoms in total. The SMILES string of the molecule is CCOc1ccccc1C(=O)Cn1nc(N)n(Nc2cccs2)c1=S. The molecule has 3 N–H and O–H groups in total. The maximum atomic E-state index is 12.6. The summed E-state index contributed by atoms with van der Waals surface area (Å²) in [6, 6.07) is 10.9. The Morgan fingerprint density at radius 2 is 2.16 bits per heavy atom. The van der Waals surface area contributed by atoms with Gasteiger partial charge in [-0.1, -0.05) is 12.1 Å². The average Bonchev–Trinajstić information content (AvgIpc) is 3.20. The second-order valence-corrected chi connectivity index (χ2v) is 6.39. The predicted molar refractivity (Wildman–Crippen MR) is 101 cm³/mol. The highest BCUT2D eigenvalue weighted by molar-refractivity contribution is 7.71. The van der Waals surface area contributed by atoms with Gasteiger partial charge in [-0.15, -0.1) is 16.4 Å². The van der Waals surface area contributed by atoms with Gasteiger partial charge in [-0.3, -0.25) is 10.2 Å². The van der Waals surface area contributed by atoms with Crippen molar-refractivity contribution in [1.82, 2.24) is 14.5 Å². The first-order valence-electron chi connectivity index (χ1n) is 7.61. The normalized spacial score (nSPS) is 10.6. The van der Waals surface area contributed by atoms with Crippen LogP contribution in [0.5, 0.6) is 5.75 Å². The molecule has 0 spiro atoms. The Hall–Kier alpha value is -2.65. The van der Waals surface area contributed by atoms with Gasteiger partial charge < -0.3 is 10.5 Å². The highest BCUT2D eigenvalue weighted by Crippen LogP contribution is 2.20. The third-order valence-electron chi connectivity index (χ3n) is 3.39. The van der Waals surface area contributed by atoms with Crippen LogP contribution in [0.4, 0.5) is 10.9 Å². The van der Waals surface area contributed by atoms with Crippen LogP contribution in [-0.4, -0.2) is 26.8 Å². The number of hydrogen-bond acceptors (Lipinski definition) is 7. The molecule has 0 unspecified atom stereocenters. The average molecular weight is 375 g/mol. The van der Waals surface area contributed by atoms with Crippen molar-refractivity contribution >= 4 is 40.3 Å². The van der Waals surface area contributed by atoms with E-state index in [0.717, 1.165) is 5.00 Å². The smallest absolute Gasteiger partial charge is 0.240 e. The number of benzene rings is 1. The first kappa shape index (κ1) is 17.2. The molecule has 3 rings (SSSR count). The number of nitrogens with two attached hydrogens (primary N) is 1. The minimum absolute atomic E-state index is 0.0216. The minimum atomic E-state index is -0.152. The van der Waals surface area contributed by atoms with Gasteiger partial charge in [0.25, 0.3) is 0 Å². The van der Waals surface area contributed by atoms with Gasteiger partial charge in [-0.25, -0.2) is 4.68 Å². The standard InChI is InChI=1S/C16H17N5O2S2/c1-2-23-13-7-4-3-6-11(13)12(22)10-20-16(24)21(15(17)19-20)18-14-8-5-9-25-14/h3-9,18H,2,10H2,1H3,(H2,17,19). The fraction of sp³-hybridized carbons (Fsp3) is 0.188. The molecular formula is C16H17N5O2S2. The second-order valence-electron chi connectivity index (χ2n) is 5.08. The molecule has 0 saturated carbocycles. The summed E-state index contributed by atoms with van der Waals surface area (Å²) in [5, 5.41) is 6.97. The zero-order chi connectivity index (χ0) is 17.8. The van der Waals surface area contributed by atoms with Crippen LogP contribution < -0.4 is 15.9 Å². The van der Waals surface area contributed by atoms with Crippen LogP contribution >= 0.6 is 23.6 Å². The number of anilines is 2. The molecule has 0 fully saturated rings. The van der Waals surface area contributed by atoms with E-state index >= 15 is 0 Å². The highest BCUT2D eigenvalue weighted by Gasteiger charge is 2.16. The van der Waals surface area contributed by atoms with Crippen molar-refractivity contribution in [1.29, 1.82) is 0 Å². The molecule has 2 heterocycles. The summed E-state index contributed by atoms with van der Waals surface area (Å²) in [4.78, 5) is 12.6. The van der Waals surface area contributed by atoms with Crippen LogP contribution in [0.3, 0.4) is 0 Å². The summed E-state index contributed by atoms with van der Waals surface area (Å²) in [7, 11) is 0. The van der Waals surface area contributed by atoms with Crippen molar-refractivity contribution in [3.63, 3.8) is 0 Å². The number of thiophene rings is 1. The Kier molecular flexibility index (Phi) is 5.15. The van der Waals surface area contributed by atoms with Crippen LogP contribution in [0.2, 0.25) is 0 Å². The lowest BCUT2D eigenvalue weighted by molar-refractivity contribution is 0.0963. The van der Waals surface area contributed by atoms with E-state index in [9.17, 15) is 4.79 Å². The lowest BCUT2D eigenvalue weighted by Crippen LogP contribution is -2.15. The maximum Gasteiger partial charge on any atom is 0.240 e. The molecule has 2 aromatic heterocycles. The van der Waals surface area contributed by atoms with Crippen LogP contribution in [0, 0.1) is 4.77 Å². The van der Waals surface area contributed by atoms with Gasteiger partial charge in [0.05, 0.1) is 12.2 Å². The van der Waals surface area contributed by atoms with Crippen molar-refractivity contribution in [3.05, 3.63) is 52.1 Å². The molecule has 0 aliphatic carbocycles. The molecular weight excluding hydrogens is 358 g/mol. The molecule has 0 saturated heterocycles. The number of Topliss-reactive ketones (excluding diaryl/α,β-unsaturated/α-hetero) is 1. The fourth-order valence-electron chi connectivity index (χ4n) is 2.28. The number of carbonyl (C=O) groups excluding carboxylic acids is 1. The molecule has 0 bridgehead atoms. The first-order valence-corrected chi connectivity index (χ1v) is 8.90. The minimum Gasteiger partial charge on any atom is -0.493 e. The molecule has 25 heavy (non-hydrogen) atoms. The van der Waals surface area contributed by atoms with E-state index in [4.69, 9.17) is 22.7 Å². The molecule has 0 aliphatic rings. The number of aromatic nitrogens is 3. The summed E-state index contributed by atoms with van der Waals surface area (Å²) in [5.41, 5.74) is 9.48. The predicted octanol–water partition coefficient (Wildman–Crippen LogP) is 3.21. The molecule has 9 heteroatoms. The Bertz CT molecular complexity index is 930. The Labute approximate surface area is 153 Å². The summed E-state index contributed by atoms with van der Waals surface area (Å²) in [6.07, 6.45) is 0. The van der Waals surface area contributed by atoms with Crippen LogP contribution in [0.25, 0.3) is 0 Å². The fourth-order valence-corrected chi connectivity index (χ4v) is 3.13. The summed E-state index contributed by atoms with van der Waals surface area (Å²) in [6.45, 7) is 2.33. The summed E-state index contributed by atoms with van der Waals surface area (Å²) in [5.74, 6) is 0.579. The van der Waals surface area contributed by atoms with Gasteiger partial charge in [0.2, 0.25) is 10.7 Å². The Balaban J connectivity index is 1.84. The number of para-hydroxylation sites is 1. The van der Waals surface area contributed by atoms with E-state index < -0.39 is 0 Å². The molecule has 0 atom stereocenters. The van der Waals surface area contributed by atoms with Crippen LogP contribution in [-0.2, 0) is 6.54 Å². The number of ketones is 1. The number of nitrogens with zero attached hydrogens (tertiary/aromatic N) is 3. The zero-order valence-electron chi connectivity index (χ0n) is 13.5. The van der Waals surface area contributed by atoms with Gasteiger partial charge in [-0.2, -0.15) is 4.68 Å². The molecule has 130 valence electrons. The van der Waals surface area contributed by atoms with Crippen LogP contribution in [0.15, 0.2) is 41.8 Å². The third kappa shape index (κ3) is 3.72. The quantitative estimate of drug-likeness (QED) is 0.487. The summed E-state index contributed by atoms with van der Waals surface area (Å²) >= 11 is 6.89. The van der Waals surface area contributed by atoms with E-state index in [0.29, 0.717) is 22.7 Å². The van der Waals surface area contributed by atoms with E-state index in [1.807, 2.05) is 30.5 Å². The number of carbonyl (C=O) groups is 1. The maximum absolute atomic E-state index is 12.6. The molecule has 3 aromatic rings. The van der Waals surface area contributed by atoms with Crippen molar-refractivity contribution in [3.8, 4) is 5.75 Å². The van der Waals surface area contributed by atoms with E-state index in [1.165, 1.54) is 20.7 Å². The number of ether oxygens (including phenoxy) is 1. The van der Waals surface area contributed by atoms with E-state index in [1.54, 1.807) is 18.2 Å². The zero-order valence-corrected chi connectivity index (χ0v) is 15.1. The van der Waals surface area contributed by atoms with Gasteiger partial charge in [0.15, 0.2) is 5.78 Å². The molecule has 0 aliphatic heterocycles. The lowest BCUT2D eigenvalue weighted by Gasteiger charge is -2.09.